The number of halogens is 3. The van der Waals surface area contributed by atoms with Crippen molar-refractivity contribution in [1.29, 1.82) is 0 Å². The highest BCUT2D eigenvalue weighted by molar-refractivity contribution is 7.88. The maximum atomic E-state index is 12.3. The first-order chi connectivity index (χ1) is 11.7. The fraction of sp³-hybridized carbons (Fsp3) is 0.200. The van der Waals surface area contributed by atoms with Crippen LogP contribution < -0.4 is 9.50 Å². The molecule has 0 aliphatic rings. The molecule has 1 aromatic heterocycles. The Morgan fingerprint density at radius 2 is 1.72 bits per heavy atom. The summed E-state index contributed by atoms with van der Waals surface area (Å²) in [6.07, 6.45) is 3.83. The van der Waals surface area contributed by atoms with Crippen LogP contribution in [0.5, 0.6) is 5.75 Å². The van der Waals surface area contributed by atoms with Crippen LogP contribution in [0.3, 0.4) is 0 Å². The van der Waals surface area contributed by atoms with Gasteiger partial charge in [-0.3, -0.25) is 4.98 Å². The number of benzene rings is 1. The molecular weight excluding hydrogens is 361 g/mol. The van der Waals surface area contributed by atoms with Gasteiger partial charge >= 0.3 is 15.6 Å². The highest BCUT2D eigenvalue weighted by Gasteiger charge is 2.48. The number of rotatable bonds is 7. The first-order valence-corrected chi connectivity index (χ1v) is 8.33. The fourth-order valence-corrected chi connectivity index (χ4v) is 2.35. The van der Waals surface area contributed by atoms with Gasteiger partial charge in [0, 0.05) is 24.6 Å². The second-order valence-electron chi connectivity index (χ2n) is 4.91. The van der Waals surface area contributed by atoms with E-state index in [-0.39, 0.29) is 6.54 Å². The highest BCUT2D eigenvalue weighted by atomic mass is 32.2. The molecule has 0 aliphatic heterocycles. The minimum atomic E-state index is -5.72. The van der Waals surface area contributed by atoms with Gasteiger partial charge in [-0.1, -0.05) is 12.1 Å². The van der Waals surface area contributed by atoms with Crippen molar-refractivity contribution in [1.82, 2.24) is 4.98 Å². The number of nitrogens with zero attached hydrogens (tertiary/aromatic N) is 1. The quantitative estimate of drug-likeness (QED) is 0.456. The third-order valence-corrected chi connectivity index (χ3v) is 4.15. The summed E-state index contributed by atoms with van der Waals surface area (Å²) in [7, 11) is -5.72. The molecule has 0 saturated heterocycles. The largest absolute Gasteiger partial charge is 0.534 e. The zero-order chi connectivity index (χ0) is 18.5. The molecule has 0 fully saturated rings. The Balaban J connectivity index is 2.06. The topological polar surface area (TPSA) is 85.4 Å². The number of carbonyl (C=O) groups excluding carboxylic acids is 1. The molecule has 0 aliphatic carbocycles. The van der Waals surface area contributed by atoms with Gasteiger partial charge in [-0.25, -0.2) is 0 Å². The van der Waals surface area contributed by atoms with Gasteiger partial charge in [-0.2, -0.15) is 21.6 Å². The summed E-state index contributed by atoms with van der Waals surface area (Å²) in [4.78, 5) is 15.1. The second-order valence-corrected chi connectivity index (χ2v) is 6.45. The highest BCUT2D eigenvalue weighted by Crippen LogP contribution is 2.27. The molecule has 6 nitrogen and oxygen atoms in total. The first-order valence-electron chi connectivity index (χ1n) is 6.93. The van der Waals surface area contributed by atoms with E-state index >= 15 is 0 Å². The molecule has 0 spiro atoms. The molecule has 0 saturated carbocycles. The molecule has 1 unspecified atom stereocenters. The normalized spacial score (nSPS) is 13.1. The van der Waals surface area contributed by atoms with Crippen LogP contribution in [0, 0.1) is 0 Å². The van der Waals surface area contributed by atoms with E-state index < -0.39 is 27.3 Å². The molecular formula is C15H13F3N2O4S. The second kappa shape index (κ2) is 7.51. The third kappa shape index (κ3) is 4.92. The Morgan fingerprint density at radius 1 is 1.12 bits per heavy atom. The number of alkyl halides is 3. The van der Waals surface area contributed by atoms with Crippen molar-refractivity contribution in [3.05, 3.63) is 54.4 Å². The standard InChI is InChI=1S/C15H13F3N2O4S/c16-15(17,18)25(22,23)24-14-3-1-11(2-4-14)12(10-21)9-20-13-5-7-19-8-6-13/h1-8,10,12H,9H2,(H,19,20). The van der Waals surface area contributed by atoms with Crippen LogP contribution in [0.1, 0.15) is 11.5 Å². The maximum Gasteiger partial charge on any atom is 0.534 e. The smallest absolute Gasteiger partial charge is 0.384 e. The lowest BCUT2D eigenvalue weighted by Crippen LogP contribution is -2.28. The maximum absolute atomic E-state index is 12.3. The van der Waals surface area contributed by atoms with Crippen LogP contribution in [0.2, 0.25) is 0 Å². The van der Waals surface area contributed by atoms with Crippen LogP contribution in [-0.2, 0) is 14.9 Å². The first kappa shape index (κ1) is 18.7. The van der Waals surface area contributed by atoms with Crippen molar-refractivity contribution in [2.45, 2.75) is 11.4 Å². The van der Waals surface area contributed by atoms with Gasteiger partial charge in [0.1, 0.15) is 12.0 Å². The van der Waals surface area contributed by atoms with E-state index in [4.69, 9.17) is 0 Å². The summed E-state index contributed by atoms with van der Waals surface area (Å²) in [5.41, 5.74) is -4.27. The minimum absolute atomic E-state index is 0.245. The average molecular weight is 374 g/mol. The summed E-state index contributed by atoms with van der Waals surface area (Å²) in [5, 5.41) is 3.02. The Hall–Kier alpha value is -2.62. The van der Waals surface area contributed by atoms with Gasteiger partial charge in [0.25, 0.3) is 0 Å². The van der Waals surface area contributed by atoms with E-state index in [2.05, 4.69) is 14.5 Å². The molecule has 1 atom stereocenters. The number of pyridine rings is 1. The Morgan fingerprint density at radius 3 is 2.24 bits per heavy atom. The number of aldehydes is 1. The van der Waals surface area contributed by atoms with Crippen molar-refractivity contribution in [2.24, 2.45) is 0 Å². The lowest BCUT2D eigenvalue weighted by atomic mass is 10.0. The van der Waals surface area contributed by atoms with Crippen LogP contribution in [0.25, 0.3) is 0 Å². The number of aromatic nitrogens is 1. The number of anilines is 1. The van der Waals surface area contributed by atoms with E-state index in [1.165, 1.54) is 12.1 Å². The summed E-state index contributed by atoms with van der Waals surface area (Å²) in [6.45, 7) is 0.245. The molecule has 0 radical (unpaired) electrons. The molecule has 1 N–H and O–H groups in total. The molecule has 1 aromatic carbocycles. The zero-order valence-electron chi connectivity index (χ0n) is 12.6. The van der Waals surface area contributed by atoms with Gasteiger partial charge < -0.3 is 14.3 Å². The van der Waals surface area contributed by atoms with E-state index in [1.807, 2.05) is 0 Å². The average Bonchev–Trinajstić information content (AvgIpc) is 2.56. The number of hydrogen-bond donors (Lipinski definition) is 1. The van der Waals surface area contributed by atoms with E-state index in [9.17, 15) is 26.4 Å². The summed E-state index contributed by atoms with van der Waals surface area (Å²) >= 11 is 0. The van der Waals surface area contributed by atoms with Crippen molar-refractivity contribution in [3.8, 4) is 5.75 Å². The monoisotopic (exact) mass is 374 g/mol. The Labute approximate surface area is 141 Å². The lowest BCUT2D eigenvalue weighted by molar-refractivity contribution is -0.108. The number of nitrogens with one attached hydrogen (secondary N) is 1. The third-order valence-electron chi connectivity index (χ3n) is 3.17. The zero-order valence-corrected chi connectivity index (χ0v) is 13.4. The van der Waals surface area contributed by atoms with Crippen molar-refractivity contribution in [3.63, 3.8) is 0 Å². The van der Waals surface area contributed by atoms with Gasteiger partial charge in [0.05, 0.1) is 5.92 Å². The van der Waals surface area contributed by atoms with Crippen molar-refractivity contribution < 1.29 is 30.6 Å². The van der Waals surface area contributed by atoms with Crippen molar-refractivity contribution in [2.75, 3.05) is 11.9 Å². The van der Waals surface area contributed by atoms with Crippen LogP contribution in [0.4, 0.5) is 18.9 Å². The van der Waals surface area contributed by atoms with Crippen LogP contribution in [-0.4, -0.2) is 31.7 Å². The number of hydrogen-bond acceptors (Lipinski definition) is 6. The molecule has 2 rings (SSSR count). The summed E-state index contributed by atoms with van der Waals surface area (Å²) in [5.74, 6) is -1.07. The van der Waals surface area contributed by atoms with Crippen molar-refractivity contribution >= 4 is 22.1 Å². The van der Waals surface area contributed by atoms with Gasteiger partial charge in [0.15, 0.2) is 0 Å². The van der Waals surface area contributed by atoms with Gasteiger partial charge in [0.2, 0.25) is 0 Å². The predicted octanol–water partition coefficient (Wildman–Crippen LogP) is 2.70. The summed E-state index contributed by atoms with van der Waals surface area (Å²) in [6, 6.07) is 8.19. The number of carbonyl (C=O) groups is 1. The Kier molecular flexibility index (Phi) is 5.62. The molecule has 1 heterocycles. The van der Waals surface area contributed by atoms with E-state index in [0.29, 0.717) is 11.8 Å². The van der Waals surface area contributed by atoms with Gasteiger partial charge in [-0.05, 0) is 29.8 Å². The predicted molar refractivity (Wildman–Crippen MR) is 83.6 cm³/mol. The molecule has 10 heteroatoms. The van der Waals surface area contributed by atoms with Crippen LogP contribution in [0.15, 0.2) is 48.8 Å². The molecule has 134 valence electrons. The molecule has 0 amide bonds. The summed E-state index contributed by atoms with van der Waals surface area (Å²) < 4.78 is 62.7. The minimum Gasteiger partial charge on any atom is -0.384 e. The molecule has 0 bridgehead atoms. The van der Waals surface area contributed by atoms with E-state index in [0.717, 1.165) is 17.8 Å². The molecule has 2 aromatic rings. The molecule has 25 heavy (non-hydrogen) atoms. The Bertz CT molecular complexity index is 809. The van der Waals surface area contributed by atoms with Crippen LogP contribution >= 0.6 is 0 Å². The van der Waals surface area contributed by atoms with E-state index in [1.54, 1.807) is 24.5 Å². The fourth-order valence-electron chi connectivity index (χ4n) is 1.89. The lowest BCUT2D eigenvalue weighted by Gasteiger charge is -2.14. The van der Waals surface area contributed by atoms with Gasteiger partial charge in [-0.15, -0.1) is 0 Å². The SMILES string of the molecule is O=CC(CNc1ccncc1)c1ccc(OS(=O)(=O)C(F)(F)F)cc1.